The quantitative estimate of drug-likeness (QED) is 0.331. The van der Waals surface area contributed by atoms with Gasteiger partial charge in [-0.1, -0.05) is 37.3 Å². The maximum atomic E-state index is 13.7. The van der Waals surface area contributed by atoms with Gasteiger partial charge >= 0.3 is 10.2 Å². The van der Waals surface area contributed by atoms with Crippen molar-refractivity contribution in [1.82, 2.24) is 18.9 Å². The second kappa shape index (κ2) is 13.5. The molecule has 0 aliphatic carbocycles. The van der Waals surface area contributed by atoms with Crippen molar-refractivity contribution in [3.8, 4) is 11.5 Å². The summed E-state index contributed by atoms with van der Waals surface area (Å²) >= 11 is 1.19. The van der Waals surface area contributed by atoms with E-state index in [2.05, 4.69) is 9.71 Å². The Morgan fingerprint density at radius 1 is 1.05 bits per heavy atom. The van der Waals surface area contributed by atoms with Crippen LogP contribution >= 0.6 is 11.3 Å². The Hall–Kier alpha value is -3.48. The lowest BCUT2D eigenvalue weighted by Gasteiger charge is -2.23. The van der Waals surface area contributed by atoms with Gasteiger partial charge in [0.05, 0.1) is 20.8 Å². The zero-order chi connectivity index (χ0) is 28.6. The summed E-state index contributed by atoms with van der Waals surface area (Å²) in [6.45, 7) is 4.21. The monoisotopic (exact) mass is 574 g/mol. The first-order chi connectivity index (χ1) is 18.6. The Kier molecular flexibility index (Phi) is 10.4. The van der Waals surface area contributed by atoms with Crippen molar-refractivity contribution >= 4 is 33.4 Å². The topological polar surface area (TPSA) is 118 Å². The number of aryl methyl sites for hydroxylation is 1. The van der Waals surface area contributed by atoms with Gasteiger partial charge in [0.25, 0.3) is 11.8 Å². The van der Waals surface area contributed by atoms with Gasteiger partial charge in [0.2, 0.25) is 0 Å². The van der Waals surface area contributed by atoms with Crippen LogP contribution in [0.4, 0.5) is 0 Å². The second-order valence-electron chi connectivity index (χ2n) is 8.72. The number of aromatic nitrogens is 1. The summed E-state index contributed by atoms with van der Waals surface area (Å²) in [6.07, 6.45) is 1.48. The molecule has 0 spiro atoms. The van der Waals surface area contributed by atoms with Crippen molar-refractivity contribution < 1.29 is 27.5 Å². The number of carbonyl (C=O) groups is 2. The molecular formula is C27H34N4O6S2. The minimum atomic E-state index is -3.97. The Morgan fingerprint density at radius 3 is 2.28 bits per heavy atom. The van der Waals surface area contributed by atoms with Crippen molar-refractivity contribution in [3.05, 3.63) is 75.2 Å². The van der Waals surface area contributed by atoms with E-state index in [9.17, 15) is 18.0 Å². The van der Waals surface area contributed by atoms with Crippen LogP contribution in [0.15, 0.2) is 47.8 Å². The van der Waals surface area contributed by atoms with Gasteiger partial charge in [-0.25, -0.2) is 9.29 Å². The molecule has 12 heteroatoms. The van der Waals surface area contributed by atoms with E-state index in [0.717, 1.165) is 17.5 Å². The number of nitrogens with one attached hydrogen (secondary N) is 1. The van der Waals surface area contributed by atoms with Crippen molar-refractivity contribution in [2.75, 3.05) is 34.4 Å². The van der Waals surface area contributed by atoms with Crippen LogP contribution in [-0.4, -0.2) is 68.8 Å². The van der Waals surface area contributed by atoms with Gasteiger partial charge in [0, 0.05) is 36.6 Å². The van der Waals surface area contributed by atoms with Gasteiger partial charge in [-0.05, 0) is 37.5 Å². The lowest BCUT2D eigenvalue weighted by atomic mass is 10.1. The van der Waals surface area contributed by atoms with E-state index in [4.69, 9.17) is 9.47 Å². The van der Waals surface area contributed by atoms with Gasteiger partial charge in [-0.3, -0.25) is 9.59 Å². The zero-order valence-electron chi connectivity index (χ0n) is 22.8. The molecule has 1 heterocycles. The number of thiazole rings is 1. The van der Waals surface area contributed by atoms with E-state index in [1.807, 2.05) is 37.3 Å². The van der Waals surface area contributed by atoms with Crippen LogP contribution in [0.3, 0.4) is 0 Å². The number of benzene rings is 2. The molecule has 0 saturated heterocycles. The molecule has 0 fully saturated rings. The molecule has 39 heavy (non-hydrogen) atoms. The summed E-state index contributed by atoms with van der Waals surface area (Å²) in [5.74, 6) is 0.0750. The molecule has 2 aromatic carbocycles. The van der Waals surface area contributed by atoms with E-state index >= 15 is 0 Å². The lowest BCUT2D eigenvalue weighted by molar-refractivity contribution is 0.0740. The average Bonchev–Trinajstić information content (AvgIpc) is 3.40. The lowest BCUT2D eigenvalue weighted by Crippen LogP contribution is -2.41. The SMILES string of the molecule is CCNS(=O)(=O)N(C)C(=O)c1csc(CN(CCCc2ccccc2)C(=O)c2cc(OC)c(C)c(OC)c2)n1. The molecule has 0 unspecified atom stereocenters. The van der Waals surface area contributed by atoms with E-state index in [1.165, 1.54) is 38.0 Å². The van der Waals surface area contributed by atoms with Gasteiger partial charge in [-0.2, -0.15) is 13.1 Å². The Morgan fingerprint density at radius 2 is 1.69 bits per heavy atom. The molecule has 0 radical (unpaired) electrons. The Bertz CT molecular complexity index is 1370. The molecule has 0 aliphatic heterocycles. The van der Waals surface area contributed by atoms with Crippen LogP contribution in [-0.2, 0) is 23.2 Å². The number of hydrogen-bond donors (Lipinski definition) is 1. The number of methoxy groups -OCH3 is 2. The second-order valence-corrected chi connectivity index (χ2v) is 11.5. The molecule has 10 nitrogen and oxygen atoms in total. The molecule has 1 aromatic heterocycles. The highest BCUT2D eigenvalue weighted by molar-refractivity contribution is 7.87. The van der Waals surface area contributed by atoms with Crippen LogP contribution < -0.4 is 14.2 Å². The third-order valence-electron chi connectivity index (χ3n) is 6.09. The number of hydrogen-bond acceptors (Lipinski definition) is 8. The van der Waals surface area contributed by atoms with Crippen LogP contribution in [0.25, 0.3) is 0 Å². The normalized spacial score (nSPS) is 11.2. The Labute approximate surface area is 233 Å². The summed E-state index contributed by atoms with van der Waals surface area (Å²) in [6, 6.07) is 13.4. The molecular weight excluding hydrogens is 540 g/mol. The van der Waals surface area contributed by atoms with Crippen molar-refractivity contribution in [2.24, 2.45) is 0 Å². The van der Waals surface area contributed by atoms with Crippen LogP contribution in [0.1, 0.15) is 50.3 Å². The molecule has 0 atom stereocenters. The molecule has 0 aliphatic rings. The minimum Gasteiger partial charge on any atom is -0.496 e. The number of amides is 2. The van der Waals surface area contributed by atoms with Crippen molar-refractivity contribution in [1.29, 1.82) is 0 Å². The molecule has 0 saturated carbocycles. The molecule has 0 bridgehead atoms. The van der Waals surface area contributed by atoms with Crippen LogP contribution in [0.2, 0.25) is 0 Å². The first-order valence-corrected chi connectivity index (χ1v) is 14.7. The highest BCUT2D eigenvalue weighted by Gasteiger charge is 2.26. The first-order valence-electron chi connectivity index (χ1n) is 12.4. The number of ether oxygens (including phenoxy) is 2. The molecule has 210 valence electrons. The van der Waals surface area contributed by atoms with E-state index < -0.39 is 16.1 Å². The van der Waals surface area contributed by atoms with Gasteiger partial charge in [-0.15, -0.1) is 11.3 Å². The number of nitrogens with zero attached hydrogens (tertiary/aromatic N) is 3. The van der Waals surface area contributed by atoms with Gasteiger partial charge < -0.3 is 14.4 Å². The smallest absolute Gasteiger partial charge is 0.303 e. The standard InChI is InChI=1S/C27H34N4O6S2/c1-6-28-39(34,35)30(3)27(33)22-18-38-25(29-22)17-31(14-10-13-20-11-8-7-9-12-20)26(32)21-15-23(36-4)19(2)24(16-21)37-5/h7-9,11-12,15-16,18,28H,6,10,13-14,17H2,1-5H3. The van der Waals surface area contributed by atoms with Crippen molar-refractivity contribution in [3.63, 3.8) is 0 Å². The largest absolute Gasteiger partial charge is 0.496 e. The number of rotatable bonds is 13. The minimum absolute atomic E-state index is 0.00524. The summed E-state index contributed by atoms with van der Waals surface area (Å²) < 4.78 is 38.3. The van der Waals surface area contributed by atoms with Crippen LogP contribution in [0, 0.1) is 6.92 Å². The zero-order valence-corrected chi connectivity index (χ0v) is 24.4. The van der Waals surface area contributed by atoms with E-state index in [1.54, 1.807) is 24.0 Å². The first kappa shape index (κ1) is 30.1. The fraction of sp³-hybridized carbons (Fsp3) is 0.370. The van der Waals surface area contributed by atoms with Gasteiger partial charge in [0.15, 0.2) is 0 Å². The maximum absolute atomic E-state index is 13.7. The van der Waals surface area contributed by atoms with Crippen LogP contribution in [0.5, 0.6) is 11.5 Å². The molecule has 1 N–H and O–H groups in total. The fourth-order valence-electron chi connectivity index (χ4n) is 3.96. The maximum Gasteiger partial charge on any atom is 0.303 e. The predicted octanol–water partition coefficient (Wildman–Crippen LogP) is 3.67. The van der Waals surface area contributed by atoms with E-state index in [-0.39, 0.29) is 24.7 Å². The van der Waals surface area contributed by atoms with Gasteiger partial charge in [0.1, 0.15) is 22.2 Å². The predicted molar refractivity (Wildman–Crippen MR) is 151 cm³/mol. The third-order valence-corrected chi connectivity index (χ3v) is 8.47. The molecule has 3 rings (SSSR count). The highest BCUT2D eigenvalue weighted by atomic mass is 32.2. The highest BCUT2D eigenvalue weighted by Crippen LogP contribution is 2.30. The van der Waals surface area contributed by atoms with E-state index in [0.29, 0.717) is 39.3 Å². The number of carbonyl (C=O) groups excluding carboxylic acids is 2. The van der Waals surface area contributed by atoms with Crippen molar-refractivity contribution in [2.45, 2.75) is 33.2 Å². The summed E-state index contributed by atoms with van der Waals surface area (Å²) in [5.41, 5.74) is 2.34. The molecule has 3 aromatic rings. The fourth-order valence-corrected chi connectivity index (χ4v) is 5.61. The summed E-state index contributed by atoms with van der Waals surface area (Å²) in [5, 5.41) is 2.01. The summed E-state index contributed by atoms with van der Waals surface area (Å²) in [4.78, 5) is 32.5. The average molecular weight is 575 g/mol. The third kappa shape index (κ3) is 7.55. The molecule has 2 amide bonds. The Balaban J connectivity index is 1.85. The summed E-state index contributed by atoms with van der Waals surface area (Å²) in [7, 11) is 0.285.